The minimum absolute atomic E-state index is 0.0117. The van der Waals surface area contributed by atoms with Gasteiger partial charge in [-0.2, -0.15) is 0 Å². The monoisotopic (exact) mass is 238 g/mol. The SMILES string of the molecule is CC1CCNC1C(=O)N[C@H](C)c1cccs1. The van der Waals surface area contributed by atoms with E-state index >= 15 is 0 Å². The first kappa shape index (κ1) is 11.6. The molecule has 1 aromatic rings. The molecule has 88 valence electrons. The molecule has 1 aliphatic heterocycles. The van der Waals surface area contributed by atoms with Gasteiger partial charge < -0.3 is 10.6 Å². The lowest BCUT2D eigenvalue weighted by Gasteiger charge is -2.19. The zero-order valence-electron chi connectivity index (χ0n) is 9.69. The number of amides is 1. The van der Waals surface area contributed by atoms with Gasteiger partial charge in [-0.25, -0.2) is 0 Å². The van der Waals surface area contributed by atoms with E-state index in [1.165, 1.54) is 4.88 Å². The van der Waals surface area contributed by atoms with Gasteiger partial charge in [-0.1, -0.05) is 13.0 Å². The first-order chi connectivity index (χ1) is 7.68. The lowest BCUT2D eigenvalue weighted by Crippen LogP contribution is -2.43. The molecule has 1 fully saturated rings. The molecule has 0 aromatic carbocycles. The van der Waals surface area contributed by atoms with Crippen LogP contribution in [0.4, 0.5) is 0 Å². The largest absolute Gasteiger partial charge is 0.347 e. The van der Waals surface area contributed by atoms with Crippen LogP contribution in [0.5, 0.6) is 0 Å². The molecule has 4 heteroatoms. The van der Waals surface area contributed by atoms with Crippen molar-refractivity contribution in [3.8, 4) is 0 Å². The molecular weight excluding hydrogens is 220 g/mol. The Morgan fingerprint density at radius 3 is 3.06 bits per heavy atom. The fraction of sp³-hybridized carbons (Fsp3) is 0.583. The summed E-state index contributed by atoms with van der Waals surface area (Å²) in [5, 5.41) is 8.35. The zero-order valence-corrected chi connectivity index (χ0v) is 10.5. The number of nitrogens with one attached hydrogen (secondary N) is 2. The van der Waals surface area contributed by atoms with Gasteiger partial charge in [0.15, 0.2) is 0 Å². The first-order valence-corrected chi connectivity index (χ1v) is 6.63. The van der Waals surface area contributed by atoms with Gasteiger partial charge in [-0.05, 0) is 37.3 Å². The molecular formula is C12H18N2OS. The van der Waals surface area contributed by atoms with Gasteiger partial charge in [0, 0.05) is 4.88 Å². The molecule has 3 atom stereocenters. The predicted octanol–water partition coefficient (Wildman–Crippen LogP) is 1.92. The molecule has 16 heavy (non-hydrogen) atoms. The maximum absolute atomic E-state index is 12.0. The van der Waals surface area contributed by atoms with Crippen molar-refractivity contribution in [1.82, 2.24) is 10.6 Å². The van der Waals surface area contributed by atoms with Crippen LogP contribution in [0.1, 0.15) is 31.2 Å². The second-order valence-corrected chi connectivity index (χ2v) is 5.42. The third-order valence-electron chi connectivity index (χ3n) is 3.14. The highest BCUT2D eigenvalue weighted by atomic mass is 32.1. The summed E-state index contributed by atoms with van der Waals surface area (Å²) in [7, 11) is 0. The van der Waals surface area contributed by atoms with E-state index in [1.807, 2.05) is 18.4 Å². The normalized spacial score (nSPS) is 26.6. The Labute approximate surface area is 100 Å². The molecule has 0 saturated carbocycles. The first-order valence-electron chi connectivity index (χ1n) is 5.75. The van der Waals surface area contributed by atoms with Gasteiger partial charge in [0.05, 0.1) is 12.1 Å². The Balaban J connectivity index is 1.92. The summed E-state index contributed by atoms with van der Waals surface area (Å²) in [5.41, 5.74) is 0. The third-order valence-corrected chi connectivity index (χ3v) is 4.20. The van der Waals surface area contributed by atoms with Crippen molar-refractivity contribution in [2.75, 3.05) is 6.54 Å². The van der Waals surface area contributed by atoms with Crippen LogP contribution in [0.25, 0.3) is 0 Å². The van der Waals surface area contributed by atoms with Crippen LogP contribution in [0, 0.1) is 5.92 Å². The van der Waals surface area contributed by atoms with Crippen molar-refractivity contribution in [1.29, 1.82) is 0 Å². The molecule has 2 N–H and O–H groups in total. The van der Waals surface area contributed by atoms with Gasteiger partial charge in [0.2, 0.25) is 5.91 Å². The van der Waals surface area contributed by atoms with E-state index in [0.717, 1.165) is 13.0 Å². The number of thiophene rings is 1. The third kappa shape index (κ3) is 2.44. The Kier molecular flexibility index (Phi) is 3.61. The lowest BCUT2D eigenvalue weighted by molar-refractivity contribution is -0.124. The Morgan fingerprint density at radius 2 is 2.50 bits per heavy atom. The topological polar surface area (TPSA) is 41.1 Å². The zero-order chi connectivity index (χ0) is 11.5. The van der Waals surface area contributed by atoms with Gasteiger partial charge in [-0.15, -0.1) is 11.3 Å². The van der Waals surface area contributed by atoms with Gasteiger partial charge >= 0.3 is 0 Å². The summed E-state index contributed by atoms with van der Waals surface area (Å²) >= 11 is 1.68. The Morgan fingerprint density at radius 1 is 1.69 bits per heavy atom. The van der Waals surface area contributed by atoms with Crippen LogP contribution in [-0.4, -0.2) is 18.5 Å². The number of hydrogen-bond donors (Lipinski definition) is 2. The molecule has 0 aliphatic carbocycles. The van der Waals surface area contributed by atoms with E-state index in [1.54, 1.807) is 11.3 Å². The van der Waals surface area contributed by atoms with E-state index < -0.39 is 0 Å². The molecule has 0 spiro atoms. The van der Waals surface area contributed by atoms with E-state index in [4.69, 9.17) is 0 Å². The quantitative estimate of drug-likeness (QED) is 0.844. The molecule has 0 bridgehead atoms. The number of carbonyl (C=O) groups is 1. The average molecular weight is 238 g/mol. The van der Waals surface area contributed by atoms with Crippen LogP contribution < -0.4 is 10.6 Å². The van der Waals surface area contributed by atoms with Crippen molar-refractivity contribution in [3.63, 3.8) is 0 Å². The molecule has 1 aromatic heterocycles. The fourth-order valence-electron chi connectivity index (χ4n) is 2.10. The van der Waals surface area contributed by atoms with Crippen LogP contribution in [0.15, 0.2) is 17.5 Å². The lowest BCUT2D eigenvalue weighted by atomic mass is 10.0. The van der Waals surface area contributed by atoms with E-state index in [-0.39, 0.29) is 18.0 Å². The molecule has 1 amide bonds. The van der Waals surface area contributed by atoms with Crippen LogP contribution in [0.3, 0.4) is 0 Å². The minimum Gasteiger partial charge on any atom is -0.347 e. The summed E-state index contributed by atoms with van der Waals surface area (Å²) in [6.07, 6.45) is 1.09. The molecule has 2 heterocycles. The highest BCUT2D eigenvalue weighted by Crippen LogP contribution is 2.20. The smallest absolute Gasteiger partial charge is 0.237 e. The molecule has 0 radical (unpaired) electrons. The maximum Gasteiger partial charge on any atom is 0.237 e. The molecule has 1 aliphatic rings. The predicted molar refractivity (Wildman–Crippen MR) is 66.4 cm³/mol. The van der Waals surface area contributed by atoms with Crippen molar-refractivity contribution in [3.05, 3.63) is 22.4 Å². The highest BCUT2D eigenvalue weighted by Gasteiger charge is 2.29. The van der Waals surface area contributed by atoms with Crippen molar-refractivity contribution in [2.24, 2.45) is 5.92 Å². The van der Waals surface area contributed by atoms with Crippen LogP contribution in [0.2, 0.25) is 0 Å². The highest BCUT2D eigenvalue weighted by molar-refractivity contribution is 7.10. The van der Waals surface area contributed by atoms with Crippen molar-refractivity contribution < 1.29 is 4.79 Å². The Hall–Kier alpha value is -0.870. The van der Waals surface area contributed by atoms with Gasteiger partial charge in [0.1, 0.15) is 0 Å². The van der Waals surface area contributed by atoms with E-state index in [2.05, 4.69) is 23.6 Å². The molecule has 1 saturated heterocycles. The second-order valence-electron chi connectivity index (χ2n) is 4.44. The van der Waals surface area contributed by atoms with Gasteiger partial charge in [0.25, 0.3) is 0 Å². The average Bonchev–Trinajstić information content (AvgIpc) is 2.86. The maximum atomic E-state index is 12.0. The number of carbonyl (C=O) groups excluding carboxylic acids is 1. The summed E-state index contributed by atoms with van der Waals surface area (Å²) < 4.78 is 0. The van der Waals surface area contributed by atoms with Crippen LogP contribution in [-0.2, 0) is 4.79 Å². The van der Waals surface area contributed by atoms with Crippen molar-refractivity contribution >= 4 is 17.2 Å². The molecule has 3 nitrogen and oxygen atoms in total. The minimum atomic E-state index is -0.0117. The number of rotatable bonds is 3. The second kappa shape index (κ2) is 4.97. The standard InChI is InChI=1S/C12H18N2OS/c1-8-5-6-13-11(8)12(15)14-9(2)10-4-3-7-16-10/h3-4,7-9,11,13H,5-6H2,1-2H3,(H,14,15)/t8?,9-,11?/m1/s1. The number of hydrogen-bond acceptors (Lipinski definition) is 3. The summed E-state index contributed by atoms with van der Waals surface area (Å²) in [5.74, 6) is 0.571. The summed E-state index contributed by atoms with van der Waals surface area (Å²) in [4.78, 5) is 13.2. The van der Waals surface area contributed by atoms with Crippen molar-refractivity contribution in [2.45, 2.75) is 32.4 Å². The Bertz CT molecular complexity index is 350. The van der Waals surface area contributed by atoms with Gasteiger partial charge in [-0.3, -0.25) is 4.79 Å². The van der Waals surface area contributed by atoms with E-state index in [0.29, 0.717) is 5.92 Å². The summed E-state index contributed by atoms with van der Waals surface area (Å²) in [6.45, 7) is 5.11. The van der Waals surface area contributed by atoms with E-state index in [9.17, 15) is 4.79 Å². The fourth-order valence-corrected chi connectivity index (χ4v) is 2.83. The molecule has 2 rings (SSSR count). The summed E-state index contributed by atoms with van der Waals surface area (Å²) in [6, 6.07) is 4.17. The van der Waals surface area contributed by atoms with Crippen LogP contribution >= 0.6 is 11.3 Å². The molecule has 2 unspecified atom stereocenters.